The van der Waals surface area contributed by atoms with Crippen LogP contribution in [0.3, 0.4) is 0 Å². The summed E-state index contributed by atoms with van der Waals surface area (Å²) in [5, 5.41) is 12.7. The van der Waals surface area contributed by atoms with Gasteiger partial charge in [0.2, 0.25) is 11.0 Å². The molecule has 0 aliphatic rings. The second-order valence-corrected chi connectivity index (χ2v) is 6.38. The Morgan fingerprint density at radius 2 is 2.04 bits per heavy atom. The van der Waals surface area contributed by atoms with Crippen LogP contribution in [0, 0.1) is 0 Å². The van der Waals surface area contributed by atoms with Crippen molar-refractivity contribution in [2.24, 2.45) is 0 Å². The molecule has 0 aliphatic carbocycles. The lowest BCUT2D eigenvalue weighted by Crippen LogP contribution is -2.12. The van der Waals surface area contributed by atoms with Gasteiger partial charge in [-0.2, -0.15) is 4.98 Å². The zero-order valence-electron chi connectivity index (χ0n) is 13.6. The van der Waals surface area contributed by atoms with Gasteiger partial charge in [0.05, 0.1) is 12.4 Å². The average Bonchev–Trinajstić information content (AvgIpc) is 3.23. The number of thioether (sulfide) groups is 1. The van der Waals surface area contributed by atoms with E-state index in [4.69, 9.17) is 15.1 Å². The molecular weight excluding hydrogens is 328 g/mol. The number of rotatable bonds is 6. The number of nitrogens with two attached hydrogens (primary N) is 1. The number of nitrogen functional groups attached to an aromatic ring is 1. The molecule has 2 N–H and O–H groups in total. The lowest BCUT2D eigenvalue weighted by Gasteiger charge is -2.07. The van der Waals surface area contributed by atoms with Crippen molar-refractivity contribution in [1.82, 2.24) is 25.0 Å². The van der Waals surface area contributed by atoms with Gasteiger partial charge >= 0.3 is 0 Å². The molecule has 3 aromatic rings. The van der Waals surface area contributed by atoms with E-state index in [1.165, 1.54) is 16.4 Å². The fraction of sp³-hybridized carbons (Fsp3) is 0.333. The van der Waals surface area contributed by atoms with Crippen LogP contribution in [0.1, 0.15) is 30.8 Å². The molecule has 0 bridgehead atoms. The lowest BCUT2D eigenvalue weighted by atomic mass is 10.2. The predicted octanol–water partition coefficient (Wildman–Crippen LogP) is 2.47. The maximum Gasteiger partial charge on any atom is 0.239 e. The van der Waals surface area contributed by atoms with Crippen molar-refractivity contribution in [1.29, 1.82) is 0 Å². The van der Waals surface area contributed by atoms with Crippen LogP contribution in [0.25, 0.3) is 11.4 Å². The Morgan fingerprint density at radius 1 is 1.29 bits per heavy atom. The van der Waals surface area contributed by atoms with Gasteiger partial charge in [0, 0.05) is 12.0 Å². The molecule has 9 heteroatoms. The van der Waals surface area contributed by atoms with E-state index in [0.29, 0.717) is 22.7 Å². The van der Waals surface area contributed by atoms with Gasteiger partial charge in [-0.15, -0.1) is 10.2 Å². The quantitative estimate of drug-likeness (QED) is 0.536. The van der Waals surface area contributed by atoms with Crippen molar-refractivity contribution < 1.29 is 9.26 Å². The number of benzene rings is 1. The summed E-state index contributed by atoms with van der Waals surface area (Å²) in [5.41, 5.74) is 0.858. The Balaban J connectivity index is 1.78. The summed E-state index contributed by atoms with van der Waals surface area (Å²) < 4.78 is 11.9. The van der Waals surface area contributed by atoms with Crippen molar-refractivity contribution in [3.8, 4) is 17.1 Å². The van der Waals surface area contributed by atoms with E-state index < -0.39 is 0 Å². The zero-order chi connectivity index (χ0) is 17.1. The molecule has 0 amide bonds. The smallest absolute Gasteiger partial charge is 0.239 e. The fourth-order valence-electron chi connectivity index (χ4n) is 2.08. The van der Waals surface area contributed by atoms with E-state index in [-0.39, 0.29) is 5.25 Å². The second kappa shape index (κ2) is 6.91. The number of nitrogens with zero attached hydrogens (tertiary/aromatic N) is 5. The molecule has 24 heavy (non-hydrogen) atoms. The van der Waals surface area contributed by atoms with Gasteiger partial charge in [-0.1, -0.05) is 23.8 Å². The second-order valence-electron chi connectivity index (χ2n) is 5.07. The first kappa shape index (κ1) is 16.3. The van der Waals surface area contributed by atoms with Crippen LogP contribution in [-0.2, 0) is 6.42 Å². The molecule has 0 spiro atoms. The van der Waals surface area contributed by atoms with Crippen LogP contribution >= 0.6 is 11.8 Å². The number of hydrogen-bond acceptors (Lipinski definition) is 8. The van der Waals surface area contributed by atoms with Crippen LogP contribution in [0.15, 0.2) is 33.9 Å². The zero-order valence-corrected chi connectivity index (χ0v) is 14.4. The van der Waals surface area contributed by atoms with Crippen LogP contribution in [0.5, 0.6) is 5.75 Å². The topological polar surface area (TPSA) is 105 Å². The van der Waals surface area contributed by atoms with Crippen LogP contribution in [0.2, 0.25) is 0 Å². The minimum Gasteiger partial charge on any atom is -0.497 e. The Bertz CT molecular complexity index is 814. The van der Waals surface area contributed by atoms with Gasteiger partial charge in [0.25, 0.3) is 0 Å². The average molecular weight is 346 g/mol. The highest BCUT2D eigenvalue weighted by Crippen LogP contribution is 2.33. The van der Waals surface area contributed by atoms with E-state index in [1.54, 1.807) is 7.11 Å². The molecule has 0 aliphatic heterocycles. The van der Waals surface area contributed by atoms with E-state index in [2.05, 4.69) is 20.3 Å². The monoisotopic (exact) mass is 346 g/mol. The van der Waals surface area contributed by atoms with Crippen molar-refractivity contribution in [2.45, 2.75) is 30.7 Å². The molecule has 2 heterocycles. The van der Waals surface area contributed by atoms with Gasteiger partial charge in [0.1, 0.15) is 5.75 Å². The molecule has 1 unspecified atom stereocenters. The number of hydrogen-bond donors (Lipinski definition) is 1. The lowest BCUT2D eigenvalue weighted by molar-refractivity contribution is 0.375. The molecule has 8 nitrogen and oxygen atoms in total. The van der Waals surface area contributed by atoms with E-state index in [1.807, 2.05) is 38.1 Å². The first-order valence-electron chi connectivity index (χ1n) is 7.46. The third kappa shape index (κ3) is 3.21. The summed E-state index contributed by atoms with van der Waals surface area (Å²) in [7, 11) is 1.62. The number of methoxy groups -OCH3 is 1. The first-order valence-corrected chi connectivity index (χ1v) is 8.34. The molecule has 0 saturated carbocycles. The highest BCUT2D eigenvalue weighted by atomic mass is 32.2. The van der Waals surface area contributed by atoms with Crippen molar-refractivity contribution in [3.05, 3.63) is 36.0 Å². The fourth-order valence-corrected chi connectivity index (χ4v) is 2.88. The van der Waals surface area contributed by atoms with Crippen LogP contribution in [0.4, 0.5) is 0 Å². The number of ether oxygens (including phenoxy) is 1. The summed E-state index contributed by atoms with van der Waals surface area (Å²) in [4.78, 5) is 4.33. The van der Waals surface area contributed by atoms with E-state index >= 15 is 0 Å². The van der Waals surface area contributed by atoms with Gasteiger partial charge in [-0.25, -0.2) is 4.68 Å². The third-order valence-electron chi connectivity index (χ3n) is 3.44. The van der Waals surface area contributed by atoms with Gasteiger partial charge < -0.3 is 15.1 Å². The third-order valence-corrected chi connectivity index (χ3v) is 4.49. The van der Waals surface area contributed by atoms with Gasteiger partial charge in [-0.05, 0) is 31.2 Å². The standard InChI is InChI=1S/C15H18N6O2S/c1-4-12-17-14(23-20-12)9(2)24-15-19-18-13(21(15)16)10-5-7-11(22-3)8-6-10/h5-9H,4,16H2,1-3H3. The van der Waals surface area contributed by atoms with Crippen molar-refractivity contribution in [3.63, 3.8) is 0 Å². The summed E-state index contributed by atoms with van der Waals surface area (Å²) in [6.45, 7) is 3.93. The highest BCUT2D eigenvalue weighted by Gasteiger charge is 2.20. The van der Waals surface area contributed by atoms with Crippen molar-refractivity contribution in [2.75, 3.05) is 13.0 Å². The molecule has 0 saturated heterocycles. The highest BCUT2D eigenvalue weighted by molar-refractivity contribution is 7.99. The SMILES string of the molecule is CCc1noc(C(C)Sc2nnc(-c3ccc(OC)cc3)n2N)n1. The normalized spacial score (nSPS) is 12.3. The minimum absolute atomic E-state index is 0.0759. The maximum absolute atomic E-state index is 6.14. The number of aromatic nitrogens is 5. The van der Waals surface area contributed by atoms with E-state index in [0.717, 1.165) is 17.7 Å². The summed E-state index contributed by atoms with van der Waals surface area (Å²) >= 11 is 1.41. The van der Waals surface area contributed by atoms with Gasteiger partial charge in [0.15, 0.2) is 11.6 Å². The molecule has 126 valence electrons. The predicted molar refractivity (Wildman–Crippen MR) is 90.1 cm³/mol. The van der Waals surface area contributed by atoms with Crippen LogP contribution < -0.4 is 10.6 Å². The van der Waals surface area contributed by atoms with E-state index in [9.17, 15) is 0 Å². The Kier molecular flexibility index (Phi) is 4.70. The molecule has 2 aromatic heterocycles. The first-order chi connectivity index (χ1) is 11.6. The molecule has 1 atom stereocenters. The number of aryl methyl sites for hydroxylation is 1. The Morgan fingerprint density at radius 3 is 2.67 bits per heavy atom. The molecule has 0 radical (unpaired) electrons. The Labute approximate surface area is 143 Å². The minimum atomic E-state index is -0.0759. The molecule has 0 fully saturated rings. The molecule has 3 rings (SSSR count). The maximum atomic E-state index is 6.14. The summed E-state index contributed by atoms with van der Waals surface area (Å²) in [6.07, 6.45) is 0.732. The molecule has 1 aromatic carbocycles. The summed E-state index contributed by atoms with van der Waals surface area (Å²) in [6, 6.07) is 7.47. The Hall–Kier alpha value is -2.55. The molecular formula is C15H18N6O2S. The van der Waals surface area contributed by atoms with Crippen molar-refractivity contribution >= 4 is 11.8 Å². The largest absolute Gasteiger partial charge is 0.497 e. The van der Waals surface area contributed by atoms with Gasteiger partial charge in [-0.3, -0.25) is 0 Å². The van der Waals surface area contributed by atoms with Crippen LogP contribution in [-0.4, -0.2) is 32.1 Å². The summed E-state index contributed by atoms with van der Waals surface area (Å²) in [5.74, 6) is 8.72.